The van der Waals surface area contributed by atoms with Gasteiger partial charge in [0.1, 0.15) is 5.82 Å². The van der Waals surface area contributed by atoms with E-state index in [-0.39, 0.29) is 23.5 Å². The van der Waals surface area contributed by atoms with E-state index in [2.05, 4.69) is 17.1 Å². The van der Waals surface area contributed by atoms with Crippen LogP contribution in [-0.2, 0) is 4.79 Å². The summed E-state index contributed by atoms with van der Waals surface area (Å²) in [6, 6.07) is 6.17. The highest BCUT2D eigenvalue weighted by atomic mass is 32.2. The molecule has 1 aliphatic heterocycles. The third-order valence-electron chi connectivity index (χ3n) is 4.22. The number of halogens is 1. The van der Waals surface area contributed by atoms with Gasteiger partial charge in [0.2, 0.25) is 11.1 Å². The summed E-state index contributed by atoms with van der Waals surface area (Å²) in [5.41, 5.74) is 0.675. The van der Waals surface area contributed by atoms with Crippen LogP contribution in [0, 0.1) is 5.82 Å². The van der Waals surface area contributed by atoms with Crippen LogP contribution in [0.25, 0.3) is 11.4 Å². The standard InChI is InChI=1S/C16H20FN5OS/c1-11-4-2-3-9-21(11)14(23)10-24-16-20-19-15(22(16)18)12-5-7-13(17)8-6-12/h5-8,11H,2-4,9-10,18H2,1H3/t11-/m1/s1. The van der Waals surface area contributed by atoms with E-state index >= 15 is 0 Å². The van der Waals surface area contributed by atoms with Gasteiger partial charge >= 0.3 is 0 Å². The zero-order chi connectivity index (χ0) is 17.1. The average molecular weight is 349 g/mol. The third-order valence-corrected chi connectivity index (χ3v) is 5.14. The molecule has 8 heteroatoms. The van der Waals surface area contributed by atoms with Crippen LogP contribution < -0.4 is 5.84 Å². The summed E-state index contributed by atoms with van der Waals surface area (Å²) in [7, 11) is 0. The Balaban J connectivity index is 1.66. The van der Waals surface area contributed by atoms with Gasteiger partial charge in [0.05, 0.1) is 5.75 Å². The van der Waals surface area contributed by atoms with Gasteiger partial charge in [-0.15, -0.1) is 10.2 Å². The summed E-state index contributed by atoms with van der Waals surface area (Å²) in [6.45, 7) is 2.90. The molecule has 6 nitrogen and oxygen atoms in total. The molecule has 1 aromatic heterocycles. The maximum atomic E-state index is 13.0. The molecule has 1 saturated heterocycles. The lowest BCUT2D eigenvalue weighted by atomic mass is 10.0. The lowest BCUT2D eigenvalue weighted by molar-refractivity contribution is -0.131. The molecule has 1 aliphatic rings. The topological polar surface area (TPSA) is 77.0 Å². The summed E-state index contributed by atoms with van der Waals surface area (Å²) in [5, 5.41) is 8.54. The summed E-state index contributed by atoms with van der Waals surface area (Å²) in [4.78, 5) is 14.3. The Labute approximate surface area is 144 Å². The van der Waals surface area contributed by atoms with E-state index in [1.807, 2.05) is 4.90 Å². The van der Waals surface area contributed by atoms with Gasteiger partial charge in [-0.1, -0.05) is 11.8 Å². The van der Waals surface area contributed by atoms with Crippen LogP contribution in [0.2, 0.25) is 0 Å². The molecule has 128 valence electrons. The number of thioether (sulfide) groups is 1. The fraction of sp³-hybridized carbons (Fsp3) is 0.438. The molecule has 1 amide bonds. The second-order valence-electron chi connectivity index (χ2n) is 5.90. The van der Waals surface area contributed by atoms with Gasteiger partial charge in [0.25, 0.3) is 0 Å². The van der Waals surface area contributed by atoms with Gasteiger partial charge in [-0.3, -0.25) is 4.79 Å². The van der Waals surface area contributed by atoms with Crippen molar-refractivity contribution in [2.75, 3.05) is 18.1 Å². The van der Waals surface area contributed by atoms with E-state index in [1.54, 1.807) is 12.1 Å². The quantitative estimate of drug-likeness (QED) is 0.677. The SMILES string of the molecule is C[C@@H]1CCCCN1C(=O)CSc1nnc(-c2ccc(F)cc2)n1N. The van der Waals surface area contributed by atoms with Crippen molar-refractivity contribution < 1.29 is 9.18 Å². The summed E-state index contributed by atoms with van der Waals surface area (Å²) >= 11 is 1.27. The Hall–Kier alpha value is -2.09. The third kappa shape index (κ3) is 3.53. The molecule has 24 heavy (non-hydrogen) atoms. The number of carbonyl (C=O) groups is 1. The minimum absolute atomic E-state index is 0.0959. The lowest BCUT2D eigenvalue weighted by Crippen LogP contribution is -2.43. The number of amides is 1. The van der Waals surface area contributed by atoms with Crippen LogP contribution >= 0.6 is 11.8 Å². The van der Waals surface area contributed by atoms with Gasteiger partial charge in [0.15, 0.2) is 5.82 Å². The monoisotopic (exact) mass is 349 g/mol. The van der Waals surface area contributed by atoms with E-state index in [9.17, 15) is 9.18 Å². The molecule has 0 saturated carbocycles. The number of aromatic nitrogens is 3. The first-order valence-corrected chi connectivity index (χ1v) is 8.93. The fourth-order valence-corrected chi connectivity index (χ4v) is 3.59. The largest absolute Gasteiger partial charge is 0.339 e. The number of rotatable bonds is 4. The van der Waals surface area contributed by atoms with Crippen molar-refractivity contribution in [1.82, 2.24) is 19.8 Å². The number of piperidine rings is 1. The zero-order valence-electron chi connectivity index (χ0n) is 13.5. The molecule has 0 unspecified atom stereocenters. The number of benzene rings is 1. The van der Waals surface area contributed by atoms with Crippen LogP contribution in [0.3, 0.4) is 0 Å². The van der Waals surface area contributed by atoms with Gasteiger partial charge in [-0.05, 0) is 50.5 Å². The molecular weight excluding hydrogens is 329 g/mol. The Morgan fingerprint density at radius 1 is 1.33 bits per heavy atom. The molecule has 2 aromatic rings. The van der Waals surface area contributed by atoms with Crippen molar-refractivity contribution in [3.05, 3.63) is 30.1 Å². The van der Waals surface area contributed by atoms with Crippen LogP contribution in [0.1, 0.15) is 26.2 Å². The highest BCUT2D eigenvalue weighted by molar-refractivity contribution is 7.99. The number of hydrogen-bond acceptors (Lipinski definition) is 5. The molecule has 0 bridgehead atoms. The number of nitrogens with two attached hydrogens (primary N) is 1. The minimum atomic E-state index is -0.322. The van der Waals surface area contributed by atoms with E-state index in [0.717, 1.165) is 19.4 Å². The van der Waals surface area contributed by atoms with Crippen molar-refractivity contribution in [2.45, 2.75) is 37.4 Å². The molecule has 0 aliphatic carbocycles. The van der Waals surface area contributed by atoms with Crippen molar-refractivity contribution in [3.63, 3.8) is 0 Å². The molecule has 2 N–H and O–H groups in total. The number of likely N-dealkylation sites (tertiary alicyclic amines) is 1. The van der Waals surface area contributed by atoms with E-state index < -0.39 is 0 Å². The van der Waals surface area contributed by atoms with Crippen LogP contribution in [0.15, 0.2) is 29.4 Å². The molecule has 1 atom stereocenters. The Kier molecular flexibility index (Phi) is 5.03. The van der Waals surface area contributed by atoms with E-state index in [1.165, 1.54) is 35.0 Å². The average Bonchev–Trinajstić information content (AvgIpc) is 2.95. The predicted molar refractivity (Wildman–Crippen MR) is 91.3 cm³/mol. The lowest BCUT2D eigenvalue weighted by Gasteiger charge is -2.33. The first-order valence-electron chi connectivity index (χ1n) is 7.95. The minimum Gasteiger partial charge on any atom is -0.339 e. The van der Waals surface area contributed by atoms with Crippen molar-refractivity contribution in [2.24, 2.45) is 0 Å². The predicted octanol–water partition coefficient (Wildman–Crippen LogP) is 2.29. The van der Waals surface area contributed by atoms with Crippen molar-refractivity contribution in [3.8, 4) is 11.4 Å². The van der Waals surface area contributed by atoms with Crippen LogP contribution in [0.5, 0.6) is 0 Å². The molecule has 2 heterocycles. The molecule has 0 spiro atoms. The van der Waals surface area contributed by atoms with E-state index in [0.29, 0.717) is 16.5 Å². The van der Waals surface area contributed by atoms with Gasteiger partial charge < -0.3 is 10.7 Å². The molecule has 0 radical (unpaired) electrons. The maximum absolute atomic E-state index is 13.0. The summed E-state index contributed by atoms with van der Waals surface area (Å²) < 4.78 is 14.3. The number of carbonyl (C=O) groups excluding carboxylic acids is 1. The number of hydrogen-bond donors (Lipinski definition) is 1. The van der Waals surface area contributed by atoms with Gasteiger partial charge in [-0.25, -0.2) is 9.07 Å². The van der Waals surface area contributed by atoms with Crippen LogP contribution in [0.4, 0.5) is 4.39 Å². The number of nitrogens with zero attached hydrogens (tertiary/aromatic N) is 4. The Morgan fingerprint density at radius 2 is 2.08 bits per heavy atom. The van der Waals surface area contributed by atoms with Crippen molar-refractivity contribution >= 4 is 17.7 Å². The summed E-state index contributed by atoms with van der Waals surface area (Å²) in [5.74, 6) is 6.51. The molecule has 1 fully saturated rings. The highest BCUT2D eigenvalue weighted by Gasteiger charge is 2.23. The maximum Gasteiger partial charge on any atom is 0.233 e. The molecule has 1 aromatic carbocycles. The zero-order valence-corrected chi connectivity index (χ0v) is 14.3. The van der Waals surface area contributed by atoms with Crippen molar-refractivity contribution in [1.29, 1.82) is 0 Å². The highest BCUT2D eigenvalue weighted by Crippen LogP contribution is 2.23. The second kappa shape index (κ2) is 7.21. The molecule has 3 rings (SSSR count). The Morgan fingerprint density at radius 3 is 2.79 bits per heavy atom. The molecular formula is C16H20FN5OS. The van der Waals surface area contributed by atoms with Crippen LogP contribution in [-0.4, -0.2) is 44.0 Å². The Bertz CT molecular complexity index is 718. The summed E-state index contributed by atoms with van der Waals surface area (Å²) in [6.07, 6.45) is 3.29. The first-order chi connectivity index (χ1) is 11.6. The first kappa shape index (κ1) is 16.8. The number of nitrogen functional groups attached to an aromatic ring is 1. The second-order valence-corrected chi connectivity index (χ2v) is 6.85. The van der Waals surface area contributed by atoms with Gasteiger partial charge in [-0.2, -0.15) is 0 Å². The van der Waals surface area contributed by atoms with Gasteiger partial charge in [0, 0.05) is 18.2 Å². The smallest absolute Gasteiger partial charge is 0.233 e. The fourth-order valence-electron chi connectivity index (χ4n) is 2.85. The normalized spacial score (nSPS) is 17.9. The van der Waals surface area contributed by atoms with E-state index in [4.69, 9.17) is 5.84 Å².